The Kier molecular flexibility index (Phi) is 6.63. The van der Waals surface area contributed by atoms with Crippen LogP contribution < -0.4 is 0 Å². The molecule has 0 spiro atoms. The lowest BCUT2D eigenvalue weighted by Gasteiger charge is -2.41. The number of aliphatic hydroxyl groups excluding tert-OH is 1. The van der Waals surface area contributed by atoms with Crippen molar-refractivity contribution in [2.24, 2.45) is 0 Å². The third-order valence-corrected chi connectivity index (χ3v) is 3.63. The first-order valence-electron chi connectivity index (χ1n) is 5.65. The summed E-state index contributed by atoms with van der Waals surface area (Å²) in [5, 5.41) is 10.0. The van der Waals surface area contributed by atoms with Crippen molar-refractivity contribution in [3.8, 4) is 0 Å². The quantitative estimate of drug-likeness (QED) is 0.412. The third-order valence-electron chi connectivity index (χ3n) is 2.74. The van der Waals surface area contributed by atoms with Crippen LogP contribution in [0.25, 0.3) is 0 Å². The molecular formula is C8H16O12S2. The number of ether oxygens (including phenoxy) is 3. The molecule has 22 heavy (non-hydrogen) atoms. The molecule has 14 heteroatoms. The summed E-state index contributed by atoms with van der Waals surface area (Å²) >= 11 is 0. The molecule has 1 fully saturated rings. The van der Waals surface area contributed by atoms with Crippen LogP contribution in [0.1, 0.15) is 0 Å². The van der Waals surface area contributed by atoms with Crippen molar-refractivity contribution in [1.82, 2.24) is 0 Å². The zero-order valence-electron chi connectivity index (χ0n) is 11.4. The number of rotatable bonds is 7. The average molecular weight is 368 g/mol. The number of hydrogen-bond donors (Lipinski definition) is 3. The maximum absolute atomic E-state index is 10.8. The average Bonchev–Trinajstić information content (AvgIpc) is 2.36. The highest BCUT2D eigenvalue weighted by Crippen LogP contribution is 2.27. The fourth-order valence-corrected chi connectivity index (χ4v) is 2.70. The van der Waals surface area contributed by atoms with E-state index in [1.807, 2.05) is 0 Å². The van der Waals surface area contributed by atoms with Crippen molar-refractivity contribution in [2.45, 2.75) is 30.7 Å². The van der Waals surface area contributed by atoms with Crippen molar-refractivity contribution < 1.29 is 53.6 Å². The minimum Gasteiger partial charge on any atom is -0.387 e. The predicted molar refractivity (Wildman–Crippen MR) is 66.4 cm³/mol. The molecule has 0 bridgehead atoms. The number of methoxy groups -OCH3 is 2. The van der Waals surface area contributed by atoms with E-state index in [0.29, 0.717) is 0 Å². The van der Waals surface area contributed by atoms with Crippen LogP contribution in [0.5, 0.6) is 0 Å². The van der Waals surface area contributed by atoms with Crippen LogP contribution in [0.4, 0.5) is 0 Å². The van der Waals surface area contributed by atoms with E-state index in [4.69, 9.17) is 23.3 Å². The van der Waals surface area contributed by atoms with E-state index in [-0.39, 0.29) is 0 Å². The summed E-state index contributed by atoms with van der Waals surface area (Å²) in [5.74, 6) is 0. The molecule has 0 aromatic heterocycles. The maximum atomic E-state index is 10.8. The minimum atomic E-state index is -4.93. The Morgan fingerprint density at radius 3 is 2.00 bits per heavy atom. The second-order valence-corrected chi connectivity index (χ2v) is 6.31. The summed E-state index contributed by atoms with van der Waals surface area (Å²) in [6, 6.07) is 0. The van der Waals surface area contributed by atoms with E-state index in [9.17, 15) is 21.9 Å². The molecule has 0 aromatic rings. The lowest BCUT2D eigenvalue weighted by Crippen LogP contribution is -2.61. The summed E-state index contributed by atoms with van der Waals surface area (Å²) in [6.45, 7) is -0.743. The fraction of sp³-hybridized carbons (Fsp3) is 1.00. The smallest absolute Gasteiger partial charge is 0.387 e. The Balaban J connectivity index is 2.93. The van der Waals surface area contributed by atoms with Crippen molar-refractivity contribution in [2.75, 3.05) is 20.8 Å². The largest absolute Gasteiger partial charge is 0.397 e. The Morgan fingerprint density at radius 1 is 1.00 bits per heavy atom. The SMILES string of the molecule is CO[C@H]1O[C@H](COS(=O)(=O)O)[C@H](OC)[C@H](O)[C@H]1OS(=O)(=O)O. The van der Waals surface area contributed by atoms with Gasteiger partial charge in [0.15, 0.2) is 12.4 Å². The van der Waals surface area contributed by atoms with E-state index in [1.54, 1.807) is 0 Å². The van der Waals surface area contributed by atoms with Gasteiger partial charge < -0.3 is 19.3 Å². The van der Waals surface area contributed by atoms with Gasteiger partial charge in [-0.05, 0) is 0 Å². The highest BCUT2D eigenvalue weighted by Gasteiger charge is 2.48. The Hall–Kier alpha value is -0.420. The molecule has 0 saturated carbocycles. The number of hydrogen-bond acceptors (Lipinski definition) is 10. The van der Waals surface area contributed by atoms with Crippen LogP contribution in [0.3, 0.4) is 0 Å². The van der Waals surface area contributed by atoms with Crippen LogP contribution in [0.2, 0.25) is 0 Å². The van der Waals surface area contributed by atoms with Gasteiger partial charge in [0, 0.05) is 14.2 Å². The van der Waals surface area contributed by atoms with Gasteiger partial charge in [-0.1, -0.05) is 0 Å². The van der Waals surface area contributed by atoms with E-state index in [1.165, 1.54) is 0 Å². The Labute approximate surface area is 126 Å². The van der Waals surface area contributed by atoms with Gasteiger partial charge in [0.05, 0.1) is 6.61 Å². The molecule has 0 aliphatic carbocycles. The van der Waals surface area contributed by atoms with Gasteiger partial charge in [0.1, 0.15) is 18.3 Å². The van der Waals surface area contributed by atoms with Gasteiger partial charge in [-0.3, -0.25) is 9.11 Å². The summed E-state index contributed by atoms with van der Waals surface area (Å²) in [4.78, 5) is 0. The van der Waals surface area contributed by atoms with Gasteiger partial charge in [-0.2, -0.15) is 16.8 Å². The molecule has 1 aliphatic heterocycles. The van der Waals surface area contributed by atoms with Gasteiger partial charge in [-0.25, -0.2) is 8.37 Å². The van der Waals surface area contributed by atoms with Crippen molar-refractivity contribution in [3.05, 3.63) is 0 Å². The molecule has 3 N–H and O–H groups in total. The van der Waals surface area contributed by atoms with Gasteiger partial charge in [-0.15, -0.1) is 0 Å². The summed E-state index contributed by atoms with van der Waals surface area (Å²) < 4.78 is 83.1. The maximum Gasteiger partial charge on any atom is 0.397 e. The molecule has 1 rings (SSSR count). The topological polar surface area (TPSA) is 175 Å². The fourth-order valence-electron chi connectivity index (χ4n) is 1.91. The monoisotopic (exact) mass is 368 g/mol. The molecule has 0 unspecified atom stereocenters. The molecule has 0 aromatic carbocycles. The van der Waals surface area contributed by atoms with Crippen LogP contribution in [0.15, 0.2) is 0 Å². The number of aliphatic hydroxyl groups is 1. The van der Waals surface area contributed by atoms with Gasteiger partial charge >= 0.3 is 20.8 Å². The predicted octanol–water partition coefficient (Wildman–Crippen LogP) is -2.26. The van der Waals surface area contributed by atoms with E-state index in [2.05, 4.69) is 8.37 Å². The van der Waals surface area contributed by atoms with Crippen molar-refractivity contribution in [1.29, 1.82) is 0 Å². The third kappa shape index (κ3) is 5.65. The molecule has 1 saturated heterocycles. The Morgan fingerprint density at radius 2 is 1.59 bits per heavy atom. The van der Waals surface area contributed by atoms with Gasteiger partial charge in [0.2, 0.25) is 0 Å². The lowest BCUT2D eigenvalue weighted by atomic mass is 9.99. The highest BCUT2D eigenvalue weighted by atomic mass is 32.3. The Bertz CT molecular complexity index is 554. The molecule has 0 amide bonds. The van der Waals surface area contributed by atoms with Gasteiger partial charge in [0.25, 0.3) is 0 Å². The minimum absolute atomic E-state index is 0.743. The van der Waals surface area contributed by atoms with E-state index < -0.39 is 58.1 Å². The molecule has 1 heterocycles. The van der Waals surface area contributed by atoms with Crippen LogP contribution in [-0.4, -0.2) is 82.6 Å². The van der Waals surface area contributed by atoms with E-state index in [0.717, 1.165) is 14.2 Å². The molecule has 1 aliphatic rings. The molecule has 5 atom stereocenters. The van der Waals surface area contributed by atoms with Crippen LogP contribution in [0, 0.1) is 0 Å². The summed E-state index contributed by atoms with van der Waals surface area (Å²) in [5.41, 5.74) is 0. The zero-order valence-corrected chi connectivity index (χ0v) is 13.1. The first-order valence-corrected chi connectivity index (χ1v) is 8.38. The molecular weight excluding hydrogens is 352 g/mol. The first kappa shape index (κ1) is 19.6. The molecule has 12 nitrogen and oxygen atoms in total. The summed E-state index contributed by atoms with van der Waals surface area (Å²) in [6.07, 6.45) is -7.38. The van der Waals surface area contributed by atoms with Crippen LogP contribution in [-0.2, 0) is 43.4 Å². The molecule has 0 radical (unpaired) electrons. The normalized spacial score (nSPS) is 33.8. The standard InChI is InChI=1S/C8H16O12S2/c1-16-6-4(3-18-21(10,11)12)19-8(17-2)7(5(6)9)20-22(13,14)15/h4-9H,3H2,1-2H3,(H,10,11,12)(H,13,14,15)/t4-,5+,6+,7-,8+/m1/s1. The zero-order chi connectivity index (χ0) is 17.1. The van der Waals surface area contributed by atoms with Crippen molar-refractivity contribution in [3.63, 3.8) is 0 Å². The summed E-state index contributed by atoms with van der Waals surface area (Å²) in [7, 11) is -7.48. The second-order valence-electron chi connectivity index (χ2n) is 4.17. The lowest BCUT2D eigenvalue weighted by molar-refractivity contribution is -0.291. The highest BCUT2D eigenvalue weighted by molar-refractivity contribution is 7.81. The van der Waals surface area contributed by atoms with Crippen LogP contribution >= 0.6 is 0 Å². The second kappa shape index (κ2) is 7.43. The van der Waals surface area contributed by atoms with E-state index >= 15 is 0 Å². The van der Waals surface area contributed by atoms with Crippen molar-refractivity contribution >= 4 is 20.8 Å². The molecule has 132 valence electrons. The first-order chi connectivity index (χ1) is 9.98.